The second-order valence-electron chi connectivity index (χ2n) is 6.03. The average Bonchev–Trinajstić information content (AvgIpc) is 3.27. The van der Waals surface area contributed by atoms with Crippen molar-refractivity contribution in [1.82, 2.24) is 0 Å². The van der Waals surface area contributed by atoms with Crippen molar-refractivity contribution in [2.24, 2.45) is 0 Å². The molecule has 144 valence electrons. The molecule has 0 aliphatic rings. The number of benzene rings is 2. The first-order valence-electron chi connectivity index (χ1n) is 8.57. The zero-order valence-electron chi connectivity index (χ0n) is 15.9. The van der Waals surface area contributed by atoms with Crippen molar-refractivity contribution in [2.75, 3.05) is 21.3 Å². The molecule has 1 aromatic heterocycles. The molecular weight excluding hydrogens is 376 g/mol. The Bertz CT molecular complexity index is 975. The first-order chi connectivity index (χ1) is 13.6. The molecule has 2 aromatic carbocycles. The van der Waals surface area contributed by atoms with E-state index in [9.17, 15) is 9.59 Å². The van der Waals surface area contributed by atoms with Crippen LogP contribution in [0.1, 0.15) is 26.3 Å². The lowest BCUT2D eigenvalue weighted by atomic mass is 9.99. The van der Waals surface area contributed by atoms with Gasteiger partial charge >= 0.3 is 5.97 Å². The molecule has 0 saturated carbocycles. The maximum atomic E-state index is 12.9. The lowest BCUT2D eigenvalue weighted by Gasteiger charge is -2.14. The van der Waals surface area contributed by atoms with Gasteiger partial charge in [-0.2, -0.15) is 0 Å². The van der Waals surface area contributed by atoms with E-state index < -0.39 is 5.97 Å². The van der Waals surface area contributed by atoms with Crippen LogP contribution in [0.5, 0.6) is 11.5 Å². The monoisotopic (exact) mass is 396 g/mol. The van der Waals surface area contributed by atoms with Gasteiger partial charge < -0.3 is 14.2 Å². The average molecular weight is 396 g/mol. The van der Waals surface area contributed by atoms with Gasteiger partial charge in [0.15, 0.2) is 17.3 Å². The topological polar surface area (TPSA) is 61.8 Å². The Kier molecular flexibility index (Phi) is 6.11. The highest BCUT2D eigenvalue weighted by Gasteiger charge is 2.18. The summed E-state index contributed by atoms with van der Waals surface area (Å²) in [6, 6.07) is 14.3. The molecule has 3 rings (SSSR count). The van der Waals surface area contributed by atoms with E-state index in [1.165, 1.54) is 7.11 Å². The van der Waals surface area contributed by atoms with Crippen LogP contribution >= 0.6 is 11.3 Å². The van der Waals surface area contributed by atoms with Crippen LogP contribution in [0.3, 0.4) is 0 Å². The van der Waals surface area contributed by atoms with Gasteiger partial charge in [0.05, 0.1) is 26.9 Å². The van der Waals surface area contributed by atoms with Crippen LogP contribution in [-0.4, -0.2) is 33.1 Å². The zero-order chi connectivity index (χ0) is 20.1. The van der Waals surface area contributed by atoms with Crippen LogP contribution in [0.2, 0.25) is 0 Å². The lowest BCUT2D eigenvalue weighted by Crippen LogP contribution is -2.06. The fourth-order valence-corrected chi connectivity index (χ4v) is 3.64. The minimum Gasteiger partial charge on any atom is -0.493 e. The normalized spacial score (nSPS) is 10.4. The Labute approximate surface area is 167 Å². The molecule has 28 heavy (non-hydrogen) atoms. The van der Waals surface area contributed by atoms with Gasteiger partial charge in [-0.05, 0) is 41.3 Å². The van der Waals surface area contributed by atoms with E-state index in [0.717, 1.165) is 16.0 Å². The summed E-state index contributed by atoms with van der Waals surface area (Å²) in [5.74, 6) is 0.657. The number of rotatable bonds is 7. The first kappa shape index (κ1) is 19.6. The molecule has 0 aliphatic heterocycles. The van der Waals surface area contributed by atoms with Crippen LogP contribution in [-0.2, 0) is 11.2 Å². The number of hydrogen-bond acceptors (Lipinski definition) is 6. The highest BCUT2D eigenvalue weighted by atomic mass is 32.1. The third-order valence-corrected chi connectivity index (χ3v) is 5.23. The molecule has 3 aromatic rings. The molecule has 1 heterocycles. The maximum absolute atomic E-state index is 12.9. The predicted molar refractivity (Wildman–Crippen MR) is 109 cm³/mol. The van der Waals surface area contributed by atoms with Crippen molar-refractivity contribution in [1.29, 1.82) is 0 Å². The van der Waals surface area contributed by atoms with E-state index in [1.54, 1.807) is 55.9 Å². The molecule has 0 saturated heterocycles. The van der Waals surface area contributed by atoms with E-state index in [4.69, 9.17) is 14.2 Å². The largest absolute Gasteiger partial charge is 0.493 e. The summed E-state index contributed by atoms with van der Waals surface area (Å²) >= 11 is 1.56. The van der Waals surface area contributed by atoms with Crippen molar-refractivity contribution in [3.63, 3.8) is 0 Å². The number of Topliss-reactive ketones (excluding diaryl/α,β-unsaturated/α-hetero) is 1. The Hall–Kier alpha value is -3.12. The van der Waals surface area contributed by atoms with Crippen LogP contribution in [0.15, 0.2) is 53.9 Å². The number of ketones is 1. The van der Waals surface area contributed by atoms with Gasteiger partial charge in [0.25, 0.3) is 0 Å². The van der Waals surface area contributed by atoms with Crippen molar-refractivity contribution >= 4 is 23.1 Å². The number of thiophene rings is 1. The highest BCUT2D eigenvalue weighted by Crippen LogP contribution is 2.41. The molecule has 0 unspecified atom stereocenters. The minimum atomic E-state index is -0.404. The second kappa shape index (κ2) is 8.71. The summed E-state index contributed by atoms with van der Waals surface area (Å²) < 4.78 is 15.7. The van der Waals surface area contributed by atoms with Gasteiger partial charge in [-0.25, -0.2) is 4.79 Å². The summed E-state index contributed by atoms with van der Waals surface area (Å²) in [6.45, 7) is 0. The Morgan fingerprint density at radius 2 is 1.68 bits per heavy atom. The van der Waals surface area contributed by atoms with E-state index in [0.29, 0.717) is 22.6 Å². The molecule has 0 atom stereocenters. The minimum absolute atomic E-state index is 0.0513. The third-order valence-electron chi connectivity index (χ3n) is 4.33. The van der Waals surface area contributed by atoms with Gasteiger partial charge in [0.2, 0.25) is 0 Å². The summed E-state index contributed by atoms with van der Waals surface area (Å²) in [4.78, 5) is 25.4. The summed E-state index contributed by atoms with van der Waals surface area (Å²) in [7, 11) is 4.47. The van der Waals surface area contributed by atoms with Gasteiger partial charge in [-0.1, -0.05) is 18.2 Å². The maximum Gasteiger partial charge on any atom is 0.337 e. The molecule has 5 nitrogen and oxygen atoms in total. The van der Waals surface area contributed by atoms with Crippen LogP contribution in [0.4, 0.5) is 0 Å². The summed E-state index contributed by atoms with van der Waals surface area (Å²) in [6.07, 6.45) is 0.209. The number of carbonyl (C=O) groups excluding carboxylic acids is 2. The number of methoxy groups -OCH3 is 3. The fraction of sp³-hybridized carbons (Fsp3) is 0.182. The van der Waals surface area contributed by atoms with Crippen molar-refractivity contribution in [2.45, 2.75) is 6.42 Å². The molecule has 0 N–H and O–H groups in total. The number of carbonyl (C=O) groups is 2. The Morgan fingerprint density at radius 3 is 2.25 bits per heavy atom. The lowest BCUT2D eigenvalue weighted by molar-refractivity contribution is 0.0600. The predicted octanol–water partition coefficient (Wildman–Crippen LogP) is 4.64. The van der Waals surface area contributed by atoms with Gasteiger partial charge in [-0.15, -0.1) is 11.3 Å². The van der Waals surface area contributed by atoms with Crippen molar-refractivity contribution in [3.8, 4) is 21.9 Å². The molecular formula is C22H20O5S. The summed E-state index contributed by atoms with van der Waals surface area (Å²) in [5.41, 5.74) is 2.62. The molecule has 0 radical (unpaired) electrons. The Morgan fingerprint density at radius 1 is 0.929 bits per heavy atom. The molecule has 0 fully saturated rings. The fourth-order valence-electron chi connectivity index (χ4n) is 2.90. The van der Waals surface area contributed by atoms with Crippen LogP contribution in [0.25, 0.3) is 10.4 Å². The van der Waals surface area contributed by atoms with Crippen LogP contribution in [0, 0.1) is 0 Å². The quantitative estimate of drug-likeness (QED) is 0.430. The van der Waals surface area contributed by atoms with E-state index in [-0.39, 0.29) is 12.2 Å². The zero-order valence-corrected chi connectivity index (χ0v) is 16.7. The molecule has 0 aliphatic carbocycles. The van der Waals surface area contributed by atoms with Gasteiger partial charge in [0, 0.05) is 22.4 Å². The Balaban J connectivity index is 1.91. The van der Waals surface area contributed by atoms with Crippen molar-refractivity contribution in [3.05, 3.63) is 70.6 Å². The molecule has 0 spiro atoms. The molecule has 6 heteroatoms. The SMILES string of the molecule is COC(=O)c1ccc(CC(=O)c2cc(OC)c(OC)c(-c3cccs3)c2)cc1. The second-order valence-corrected chi connectivity index (χ2v) is 6.97. The number of ether oxygens (including phenoxy) is 3. The van der Waals surface area contributed by atoms with Gasteiger partial charge in [0.1, 0.15) is 0 Å². The van der Waals surface area contributed by atoms with E-state index in [1.807, 2.05) is 23.6 Å². The highest BCUT2D eigenvalue weighted by molar-refractivity contribution is 7.13. The van der Waals surface area contributed by atoms with E-state index >= 15 is 0 Å². The first-order valence-corrected chi connectivity index (χ1v) is 9.45. The summed E-state index contributed by atoms with van der Waals surface area (Å²) in [5, 5.41) is 1.97. The van der Waals surface area contributed by atoms with Gasteiger partial charge in [-0.3, -0.25) is 4.79 Å². The smallest absolute Gasteiger partial charge is 0.337 e. The molecule has 0 amide bonds. The third kappa shape index (κ3) is 4.07. The van der Waals surface area contributed by atoms with Crippen LogP contribution < -0.4 is 9.47 Å². The number of esters is 1. The van der Waals surface area contributed by atoms with E-state index in [2.05, 4.69) is 0 Å². The standard InChI is InChI=1S/C22H20O5S/c1-25-19-13-16(12-17(21(19)26-2)20-5-4-10-28-20)18(23)11-14-6-8-15(9-7-14)22(24)27-3/h4-10,12-13H,11H2,1-3H3. The van der Waals surface area contributed by atoms with Crippen molar-refractivity contribution < 1.29 is 23.8 Å². The molecule has 0 bridgehead atoms. The number of hydrogen-bond donors (Lipinski definition) is 0.